The van der Waals surface area contributed by atoms with E-state index in [4.69, 9.17) is 5.11 Å². The summed E-state index contributed by atoms with van der Waals surface area (Å²) in [7, 11) is 1.86. The Bertz CT molecular complexity index is 1420. The third kappa shape index (κ3) is 2.51. The van der Waals surface area contributed by atoms with Gasteiger partial charge in [-0.15, -0.1) is 0 Å². The third-order valence-corrected chi connectivity index (χ3v) is 7.01. The van der Waals surface area contributed by atoms with Gasteiger partial charge in [0, 0.05) is 18.2 Å². The van der Waals surface area contributed by atoms with E-state index in [1.54, 1.807) is 5.01 Å². The standard InChI is InChI=1S/C30H23N3O/c1-33-30(25-20-12-5-13-21-25)28(34)26(22-14-6-2-7-15-22)27(23-16-8-3-9-17-23)29(30,31-32-33)24-18-10-4-11-19-24/h2-21H,1H3/t29-,30+/m0/s1/i26+1,30+1. The van der Waals surface area contributed by atoms with Gasteiger partial charge in [-0.05, 0) is 22.3 Å². The molecular formula is C30H23N3O. The fourth-order valence-corrected chi connectivity index (χ4v) is 5.66. The number of nitrogens with zero attached hydrogens (tertiary/aromatic N) is 3. The van der Waals surface area contributed by atoms with Crippen molar-refractivity contribution in [3.63, 3.8) is 0 Å². The summed E-state index contributed by atoms with van der Waals surface area (Å²) in [5.74, 6) is 0.0000983. The van der Waals surface area contributed by atoms with Crippen molar-refractivity contribution in [2.45, 2.75) is 11.1 Å². The number of fused-ring (bicyclic) bond motifs is 1. The summed E-state index contributed by atoms with van der Waals surface area (Å²) >= 11 is 0. The number of carbonyl (C=O) groups is 1. The minimum absolute atomic E-state index is 0.0000983. The Morgan fingerprint density at radius 2 is 1.09 bits per heavy atom. The SMILES string of the molecule is CN1N=N[C@@]2(c3ccccc3)C(c3ccccc3)=[13C](c3ccccc3)C(=O)[13C@@]12c1ccccc1. The van der Waals surface area contributed by atoms with Crippen molar-refractivity contribution >= 4 is 16.9 Å². The van der Waals surface area contributed by atoms with Crippen molar-refractivity contribution in [3.05, 3.63) is 144 Å². The largest absolute Gasteiger partial charge is 0.291 e. The van der Waals surface area contributed by atoms with Gasteiger partial charge >= 0.3 is 0 Å². The molecule has 0 fully saturated rings. The highest BCUT2D eigenvalue weighted by Crippen LogP contribution is 2.65. The number of likely N-dealkylation sites (N-methyl/N-ethyl adjacent to an activating group) is 1. The number of rotatable bonds is 4. The van der Waals surface area contributed by atoms with E-state index in [0.717, 1.165) is 27.8 Å². The topological polar surface area (TPSA) is 45.0 Å². The zero-order valence-electron chi connectivity index (χ0n) is 18.8. The minimum atomic E-state index is -1.15. The lowest BCUT2D eigenvalue weighted by molar-refractivity contribution is -0.125. The van der Waals surface area contributed by atoms with Crippen LogP contribution in [-0.2, 0) is 15.9 Å². The number of hydrogen-bond acceptors (Lipinski definition) is 4. The van der Waals surface area contributed by atoms with Crippen molar-refractivity contribution < 1.29 is 4.79 Å². The molecule has 0 saturated carbocycles. The van der Waals surface area contributed by atoms with Gasteiger partial charge in [-0.25, -0.2) is 0 Å². The monoisotopic (exact) mass is 443 g/mol. The maximum Gasteiger partial charge on any atom is 0.198 e. The predicted molar refractivity (Wildman–Crippen MR) is 134 cm³/mol. The zero-order chi connectivity index (χ0) is 23.2. The molecule has 6 rings (SSSR count). The smallest absolute Gasteiger partial charge is 0.198 e. The summed E-state index contributed by atoms with van der Waals surface area (Å²) in [6.45, 7) is 0. The van der Waals surface area contributed by atoms with Crippen LogP contribution in [0.3, 0.4) is 0 Å². The number of ketones is 1. The lowest BCUT2D eigenvalue weighted by Gasteiger charge is -2.41. The van der Waals surface area contributed by atoms with Crippen LogP contribution in [-0.4, -0.2) is 17.8 Å². The first-order valence-electron chi connectivity index (χ1n) is 11.4. The van der Waals surface area contributed by atoms with Gasteiger partial charge in [-0.2, -0.15) is 5.11 Å². The quantitative estimate of drug-likeness (QED) is 0.348. The van der Waals surface area contributed by atoms with Crippen LogP contribution in [0.15, 0.2) is 132 Å². The molecule has 0 radical (unpaired) electrons. The van der Waals surface area contributed by atoms with Crippen LogP contribution in [0.4, 0.5) is 0 Å². The van der Waals surface area contributed by atoms with E-state index in [0.29, 0.717) is 5.57 Å². The highest BCUT2D eigenvalue weighted by atomic mass is 16.2. The molecule has 4 aromatic carbocycles. The van der Waals surface area contributed by atoms with E-state index in [1.165, 1.54) is 0 Å². The number of hydrogen-bond donors (Lipinski definition) is 0. The number of carbonyl (C=O) groups excluding carboxylic acids is 1. The molecule has 2 atom stereocenters. The lowest BCUT2D eigenvalue weighted by Crippen LogP contribution is -2.55. The first-order valence-corrected chi connectivity index (χ1v) is 11.4. The van der Waals surface area contributed by atoms with E-state index in [-0.39, 0.29) is 5.78 Å². The summed E-state index contributed by atoms with van der Waals surface area (Å²) < 4.78 is 0. The zero-order valence-corrected chi connectivity index (χ0v) is 18.8. The molecule has 0 amide bonds. The summed E-state index contributed by atoms with van der Waals surface area (Å²) in [5, 5.41) is 11.3. The van der Waals surface area contributed by atoms with Crippen molar-refractivity contribution in [1.29, 1.82) is 0 Å². The summed E-state index contributed by atoms with van der Waals surface area (Å²) in [5.41, 5.74) is 3.03. The second-order valence-corrected chi connectivity index (χ2v) is 8.68. The fraction of sp³-hybridized carbons (Fsp3) is 0.100. The second-order valence-electron chi connectivity index (χ2n) is 8.68. The molecule has 0 bridgehead atoms. The van der Waals surface area contributed by atoms with Gasteiger partial charge in [-0.1, -0.05) is 127 Å². The van der Waals surface area contributed by atoms with Gasteiger partial charge in [0.25, 0.3) is 0 Å². The second kappa shape index (κ2) is 7.63. The van der Waals surface area contributed by atoms with Gasteiger partial charge < -0.3 is 0 Å². The Morgan fingerprint density at radius 1 is 0.618 bits per heavy atom. The van der Waals surface area contributed by atoms with E-state index in [9.17, 15) is 4.79 Å². The molecule has 0 saturated heterocycles. The first-order chi connectivity index (χ1) is 16.7. The maximum atomic E-state index is 14.9. The normalized spacial score (nSPS) is 23.4. The Morgan fingerprint density at radius 3 is 1.65 bits per heavy atom. The summed E-state index contributed by atoms with van der Waals surface area (Å²) in [6, 6.07) is 40.1. The van der Waals surface area contributed by atoms with Crippen LogP contribution >= 0.6 is 0 Å². The van der Waals surface area contributed by atoms with Crippen LogP contribution in [0, 0.1) is 0 Å². The maximum absolute atomic E-state index is 14.9. The molecule has 0 N–H and O–H groups in total. The highest BCUT2D eigenvalue weighted by molar-refractivity contribution is 6.37. The Labute approximate surface area is 198 Å². The van der Waals surface area contributed by atoms with E-state index >= 15 is 0 Å². The summed E-state index contributed by atoms with van der Waals surface area (Å²) in [4.78, 5) is 14.9. The highest BCUT2D eigenvalue weighted by Gasteiger charge is 2.72. The lowest BCUT2D eigenvalue weighted by atomic mass is 9.82. The molecule has 1 heterocycles. The number of benzene rings is 4. The molecule has 0 unspecified atom stereocenters. The molecule has 1 aliphatic heterocycles. The average Bonchev–Trinajstić information content (AvgIpc) is 3.35. The summed E-state index contributed by atoms with van der Waals surface area (Å²) in [6.07, 6.45) is 0. The van der Waals surface area contributed by atoms with E-state index in [1.807, 2.05) is 104 Å². The molecule has 34 heavy (non-hydrogen) atoms. The molecule has 4 heteroatoms. The van der Waals surface area contributed by atoms with Crippen LogP contribution in [0.1, 0.15) is 22.3 Å². The average molecular weight is 444 g/mol. The van der Waals surface area contributed by atoms with Crippen molar-refractivity contribution in [2.24, 2.45) is 10.3 Å². The van der Waals surface area contributed by atoms with Gasteiger partial charge in [0.15, 0.2) is 16.9 Å². The molecule has 1 aliphatic carbocycles. The third-order valence-electron chi connectivity index (χ3n) is 7.01. The van der Waals surface area contributed by atoms with Crippen LogP contribution in [0.5, 0.6) is 0 Å². The minimum Gasteiger partial charge on any atom is -0.291 e. The molecule has 164 valence electrons. The van der Waals surface area contributed by atoms with Crippen LogP contribution in [0.25, 0.3) is 11.1 Å². The van der Waals surface area contributed by atoms with Gasteiger partial charge in [0.05, 0.1) is 0 Å². The Hall–Kier alpha value is -4.31. The Kier molecular flexibility index (Phi) is 4.56. The van der Waals surface area contributed by atoms with Gasteiger partial charge in [0.1, 0.15) is 0 Å². The van der Waals surface area contributed by atoms with E-state index in [2.05, 4.69) is 29.5 Å². The molecule has 0 aromatic heterocycles. The van der Waals surface area contributed by atoms with Crippen LogP contribution < -0.4 is 0 Å². The molecular weight excluding hydrogens is 420 g/mol. The molecule has 0 spiro atoms. The number of Topliss-reactive ketones (excluding diaryl/α,β-unsaturated/α-hetero) is 1. The Balaban J connectivity index is 1.81. The first kappa shape index (κ1) is 20.3. The van der Waals surface area contributed by atoms with Gasteiger partial charge in [0.2, 0.25) is 0 Å². The molecule has 4 aromatic rings. The molecule has 4 nitrogen and oxygen atoms in total. The van der Waals surface area contributed by atoms with Crippen molar-refractivity contribution in [2.75, 3.05) is 7.05 Å². The molecule has 2 aliphatic rings. The van der Waals surface area contributed by atoms with Gasteiger partial charge in [-0.3, -0.25) is 9.80 Å². The van der Waals surface area contributed by atoms with Crippen molar-refractivity contribution in [3.8, 4) is 0 Å². The van der Waals surface area contributed by atoms with Crippen molar-refractivity contribution in [1.82, 2.24) is 5.01 Å². The predicted octanol–water partition coefficient (Wildman–Crippen LogP) is 6.28. The van der Waals surface area contributed by atoms with Crippen LogP contribution in [0.2, 0.25) is 0 Å². The van der Waals surface area contributed by atoms with E-state index < -0.39 is 11.1 Å². The fourth-order valence-electron chi connectivity index (χ4n) is 5.66.